The summed E-state index contributed by atoms with van der Waals surface area (Å²) >= 11 is 0. The quantitative estimate of drug-likeness (QED) is 0.550. The van der Waals surface area contributed by atoms with Crippen LogP contribution in [0, 0.1) is 11.8 Å². The monoisotopic (exact) mass is 292 g/mol. The summed E-state index contributed by atoms with van der Waals surface area (Å²) in [4.78, 5) is 23.4. The van der Waals surface area contributed by atoms with Crippen molar-refractivity contribution in [1.82, 2.24) is 0 Å². The number of hydrogen-bond donors (Lipinski definition) is 0. The second-order valence-corrected chi connectivity index (χ2v) is 6.22. The van der Waals surface area contributed by atoms with E-state index in [2.05, 4.69) is 13.0 Å². The minimum atomic E-state index is -0.389. The molecular weight excluding hydrogens is 268 g/mol. The third-order valence-corrected chi connectivity index (χ3v) is 4.33. The Morgan fingerprint density at radius 2 is 2.05 bits per heavy atom. The van der Waals surface area contributed by atoms with Gasteiger partial charge in [0, 0.05) is 13.3 Å². The fraction of sp³-hybridized carbons (Fsp3) is 0.647. The first-order chi connectivity index (χ1) is 9.88. The molecule has 4 heteroatoms. The van der Waals surface area contributed by atoms with Gasteiger partial charge >= 0.3 is 11.9 Å². The number of esters is 2. The standard InChI is InChI=1S/C17H24O4/c1-10-6-5-7-11(2)9-15-16(12(3)17(19)21-15)14(8-10)20-13(4)18/h7-8,12,14-16H,5-6,9H2,1-4H3/b10-8-,11-7-/t12-,14-,15+,16+/m1/s1. The summed E-state index contributed by atoms with van der Waals surface area (Å²) < 4.78 is 11.0. The number of hydrogen-bond acceptors (Lipinski definition) is 4. The Balaban J connectivity index is 2.36. The summed E-state index contributed by atoms with van der Waals surface area (Å²) in [5, 5.41) is 0. The SMILES string of the molecule is CC(=O)O[C@@H]1/C=C(/C)CC/C=C(/C)C[C@@H]2OC(=O)[C@H](C)[C@H]21. The summed E-state index contributed by atoms with van der Waals surface area (Å²) in [6.45, 7) is 7.37. The lowest BCUT2D eigenvalue weighted by Gasteiger charge is -2.27. The van der Waals surface area contributed by atoms with Gasteiger partial charge in [-0.15, -0.1) is 0 Å². The average Bonchev–Trinajstić information content (AvgIpc) is 2.62. The predicted octanol–water partition coefficient (Wildman–Crippen LogP) is 3.17. The second-order valence-electron chi connectivity index (χ2n) is 6.22. The lowest BCUT2D eigenvalue weighted by atomic mass is 9.82. The van der Waals surface area contributed by atoms with Crippen LogP contribution in [0.4, 0.5) is 0 Å². The van der Waals surface area contributed by atoms with E-state index in [0.717, 1.165) is 12.8 Å². The zero-order valence-corrected chi connectivity index (χ0v) is 13.2. The van der Waals surface area contributed by atoms with Crippen LogP contribution in [0.2, 0.25) is 0 Å². The average molecular weight is 292 g/mol. The van der Waals surface area contributed by atoms with E-state index in [1.165, 1.54) is 18.1 Å². The highest BCUT2D eigenvalue weighted by molar-refractivity contribution is 5.75. The van der Waals surface area contributed by atoms with Gasteiger partial charge in [0.25, 0.3) is 0 Å². The number of ether oxygens (including phenoxy) is 2. The molecule has 21 heavy (non-hydrogen) atoms. The molecule has 1 heterocycles. The molecule has 1 aliphatic carbocycles. The molecule has 0 unspecified atom stereocenters. The van der Waals surface area contributed by atoms with Gasteiger partial charge in [0.15, 0.2) is 0 Å². The summed E-state index contributed by atoms with van der Waals surface area (Å²) in [6.07, 6.45) is 6.21. The van der Waals surface area contributed by atoms with Crippen LogP contribution in [0.1, 0.15) is 47.0 Å². The zero-order chi connectivity index (χ0) is 15.6. The van der Waals surface area contributed by atoms with Crippen LogP contribution in [0.25, 0.3) is 0 Å². The van der Waals surface area contributed by atoms with Gasteiger partial charge in [0.1, 0.15) is 12.2 Å². The summed E-state index contributed by atoms with van der Waals surface area (Å²) in [5.74, 6) is -0.882. The highest BCUT2D eigenvalue weighted by Gasteiger charge is 2.46. The molecule has 0 aromatic heterocycles. The van der Waals surface area contributed by atoms with Gasteiger partial charge in [-0.05, 0) is 32.8 Å². The van der Waals surface area contributed by atoms with Gasteiger partial charge in [-0.2, -0.15) is 0 Å². The summed E-state index contributed by atoms with van der Waals surface area (Å²) in [6, 6.07) is 0. The van der Waals surface area contributed by atoms with Crippen molar-refractivity contribution < 1.29 is 19.1 Å². The van der Waals surface area contributed by atoms with E-state index in [1.54, 1.807) is 0 Å². The van der Waals surface area contributed by atoms with E-state index in [1.807, 2.05) is 19.9 Å². The van der Waals surface area contributed by atoms with Crippen LogP contribution in [0.5, 0.6) is 0 Å². The first-order valence-corrected chi connectivity index (χ1v) is 7.59. The largest absolute Gasteiger partial charge is 0.461 e. The van der Waals surface area contributed by atoms with Gasteiger partial charge in [0.2, 0.25) is 0 Å². The molecule has 0 aromatic carbocycles. The molecule has 4 nitrogen and oxygen atoms in total. The van der Waals surface area contributed by atoms with E-state index in [9.17, 15) is 9.59 Å². The third-order valence-electron chi connectivity index (χ3n) is 4.33. The molecule has 2 aliphatic rings. The fourth-order valence-electron chi connectivity index (χ4n) is 3.21. The summed E-state index contributed by atoms with van der Waals surface area (Å²) in [7, 11) is 0. The Morgan fingerprint density at radius 3 is 2.71 bits per heavy atom. The Labute approximate surface area is 126 Å². The molecule has 0 radical (unpaired) electrons. The molecule has 2 rings (SSSR count). The normalized spacial score (nSPS) is 38.4. The molecule has 0 bridgehead atoms. The second kappa shape index (κ2) is 6.46. The van der Waals surface area contributed by atoms with Gasteiger partial charge in [-0.3, -0.25) is 9.59 Å². The van der Waals surface area contributed by atoms with Crippen molar-refractivity contribution in [3.63, 3.8) is 0 Å². The molecule has 1 aliphatic heterocycles. The first-order valence-electron chi connectivity index (χ1n) is 7.59. The molecule has 116 valence electrons. The van der Waals surface area contributed by atoms with Gasteiger partial charge in [0.05, 0.1) is 11.8 Å². The van der Waals surface area contributed by atoms with E-state index in [0.29, 0.717) is 6.42 Å². The third kappa shape index (κ3) is 3.74. The molecule has 0 saturated carbocycles. The highest BCUT2D eigenvalue weighted by atomic mass is 16.6. The van der Waals surface area contributed by atoms with E-state index >= 15 is 0 Å². The highest BCUT2D eigenvalue weighted by Crippen LogP contribution is 2.37. The van der Waals surface area contributed by atoms with Crippen molar-refractivity contribution in [2.75, 3.05) is 0 Å². The fourth-order valence-corrected chi connectivity index (χ4v) is 3.21. The Kier molecular flexibility index (Phi) is 4.86. The van der Waals surface area contributed by atoms with Crippen molar-refractivity contribution in [3.8, 4) is 0 Å². The Morgan fingerprint density at radius 1 is 1.33 bits per heavy atom. The topological polar surface area (TPSA) is 52.6 Å². The number of fused-ring (bicyclic) bond motifs is 1. The molecule has 0 aromatic rings. The van der Waals surface area contributed by atoms with Gasteiger partial charge in [-0.25, -0.2) is 0 Å². The minimum absolute atomic E-state index is 0.113. The maximum atomic E-state index is 12.0. The molecular formula is C17H24O4. The van der Waals surface area contributed by atoms with Crippen molar-refractivity contribution in [2.45, 2.75) is 59.2 Å². The van der Waals surface area contributed by atoms with Crippen molar-refractivity contribution in [3.05, 3.63) is 23.3 Å². The Hall–Kier alpha value is -1.58. The van der Waals surface area contributed by atoms with Crippen LogP contribution in [0.3, 0.4) is 0 Å². The number of rotatable bonds is 1. The van der Waals surface area contributed by atoms with E-state index in [-0.39, 0.29) is 36.0 Å². The van der Waals surface area contributed by atoms with Crippen LogP contribution >= 0.6 is 0 Å². The first kappa shape index (κ1) is 15.8. The van der Waals surface area contributed by atoms with Crippen LogP contribution in [-0.4, -0.2) is 24.1 Å². The molecule has 4 atom stereocenters. The minimum Gasteiger partial charge on any atom is -0.461 e. The van der Waals surface area contributed by atoms with Crippen LogP contribution in [-0.2, 0) is 19.1 Å². The number of carbonyl (C=O) groups is 2. The van der Waals surface area contributed by atoms with Crippen molar-refractivity contribution in [2.24, 2.45) is 11.8 Å². The smallest absolute Gasteiger partial charge is 0.309 e. The summed E-state index contributed by atoms with van der Waals surface area (Å²) in [5.41, 5.74) is 2.40. The maximum absolute atomic E-state index is 12.0. The van der Waals surface area contributed by atoms with Crippen molar-refractivity contribution >= 4 is 11.9 Å². The lowest BCUT2D eigenvalue weighted by molar-refractivity contribution is -0.147. The lowest BCUT2D eigenvalue weighted by Crippen LogP contribution is -2.34. The van der Waals surface area contributed by atoms with Crippen LogP contribution < -0.4 is 0 Å². The van der Waals surface area contributed by atoms with E-state index < -0.39 is 0 Å². The molecule has 1 saturated heterocycles. The number of allylic oxidation sites excluding steroid dienone is 2. The molecule has 0 N–H and O–H groups in total. The molecule has 0 spiro atoms. The predicted molar refractivity (Wildman–Crippen MR) is 79.5 cm³/mol. The van der Waals surface area contributed by atoms with Gasteiger partial charge < -0.3 is 9.47 Å². The zero-order valence-electron chi connectivity index (χ0n) is 13.2. The maximum Gasteiger partial charge on any atom is 0.309 e. The number of carbonyl (C=O) groups excluding carboxylic acids is 2. The van der Waals surface area contributed by atoms with E-state index in [4.69, 9.17) is 9.47 Å². The molecule has 0 amide bonds. The molecule has 1 fully saturated rings. The van der Waals surface area contributed by atoms with Crippen LogP contribution in [0.15, 0.2) is 23.3 Å². The Bertz CT molecular complexity index is 489. The van der Waals surface area contributed by atoms with Crippen molar-refractivity contribution in [1.29, 1.82) is 0 Å². The van der Waals surface area contributed by atoms with Gasteiger partial charge in [-0.1, -0.05) is 24.1 Å².